The Morgan fingerprint density at radius 2 is 1.93 bits per heavy atom. The zero-order chi connectivity index (χ0) is 19.7. The molecule has 0 aliphatic carbocycles. The molecule has 1 aliphatic heterocycles. The molecule has 0 spiro atoms. The number of nitrogens with one attached hydrogen (secondary N) is 1. The summed E-state index contributed by atoms with van der Waals surface area (Å²) in [5.41, 5.74) is 4.26. The monoisotopic (exact) mass is 379 g/mol. The molecule has 5 heteroatoms. The van der Waals surface area contributed by atoms with Gasteiger partial charge in [0.1, 0.15) is 17.9 Å². The maximum atomic E-state index is 13.0. The SMILES string of the molecule is COc1ccc2oc(C(=O)N3CC[NH+](Cc4cccc(C)c4)CC3)c(C)c2c1. The number of aryl methyl sites for hydroxylation is 2. The number of carbonyl (C=O) groups excluding carboxylic acids is 1. The van der Waals surface area contributed by atoms with E-state index in [0.29, 0.717) is 5.76 Å². The van der Waals surface area contributed by atoms with Crippen LogP contribution in [0.5, 0.6) is 5.75 Å². The second kappa shape index (κ2) is 7.68. The van der Waals surface area contributed by atoms with E-state index in [4.69, 9.17) is 9.15 Å². The summed E-state index contributed by atoms with van der Waals surface area (Å²) >= 11 is 0. The molecule has 1 aliphatic rings. The van der Waals surface area contributed by atoms with Crippen LogP contribution in [0.2, 0.25) is 0 Å². The van der Waals surface area contributed by atoms with Gasteiger partial charge in [-0.15, -0.1) is 0 Å². The number of carbonyl (C=O) groups is 1. The van der Waals surface area contributed by atoms with Gasteiger partial charge in [-0.1, -0.05) is 29.8 Å². The van der Waals surface area contributed by atoms with E-state index in [-0.39, 0.29) is 5.91 Å². The molecule has 0 atom stereocenters. The van der Waals surface area contributed by atoms with Gasteiger partial charge in [-0.05, 0) is 32.0 Å². The number of ether oxygens (including phenoxy) is 1. The highest BCUT2D eigenvalue weighted by Gasteiger charge is 2.28. The van der Waals surface area contributed by atoms with E-state index in [1.165, 1.54) is 16.0 Å². The van der Waals surface area contributed by atoms with Gasteiger partial charge in [-0.2, -0.15) is 0 Å². The third-order valence-corrected chi connectivity index (χ3v) is 5.63. The van der Waals surface area contributed by atoms with Crippen LogP contribution in [0.3, 0.4) is 0 Å². The molecule has 1 aromatic heterocycles. The minimum Gasteiger partial charge on any atom is -0.497 e. The largest absolute Gasteiger partial charge is 0.497 e. The lowest BCUT2D eigenvalue weighted by molar-refractivity contribution is -0.917. The summed E-state index contributed by atoms with van der Waals surface area (Å²) in [6, 6.07) is 14.3. The lowest BCUT2D eigenvalue weighted by atomic mass is 10.1. The molecule has 1 amide bonds. The summed E-state index contributed by atoms with van der Waals surface area (Å²) in [7, 11) is 1.64. The van der Waals surface area contributed by atoms with Crippen LogP contribution in [0, 0.1) is 13.8 Å². The molecule has 1 fully saturated rings. The fraction of sp³-hybridized carbons (Fsp3) is 0.348. The van der Waals surface area contributed by atoms with E-state index in [2.05, 4.69) is 31.2 Å². The third kappa shape index (κ3) is 3.62. The second-order valence-corrected chi connectivity index (χ2v) is 7.63. The predicted molar refractivity (Wildman–Crippen MR) is 109 cm³/mol. The maximum Gasteiger partial charge on any atom is 0.290 e. The topological polar surface area (TPSA) is 47.1 Å². The maximum absolute atomic E-state index is 13.0. The molecule has 2 heterocycles. The van der Waals surface area contributed by atoms with Gasteiger partial charge >= 0.3 is 0 Å². The van der Waals surface area contributed by atoms with Crippen LogP contribution in [-0.2, 0) is 6.54 Å². The highest BCUT2D eigenvalue weighted by molar-refractivity contribution is 5.99. The van der Waals surface area contributed by atoms with Gasteiger partial charge in [0.25, 0.3) is 5.91 Å². The fourth-order valence-electron chi connectivity index (χ4n) is 3.99. The number of nitrogens with zero attached hydrogens (tertiary/aromatic N) is 1. The zero-order valence-electron chi connectivity index (χ0n) is 16.7. The Hall–Kier alpha value is -2.79. The number of benzene rings is 2. The first-order chi connectivity index (χ1) is 13.5. The Labute approximate surface area is 165 Å². The molecule has 4 rings (SSSR count). The standard InChI is InChI=1S/C23H26N2O3/c1-16-5-4-6-18(13-16)15-24-9-11-25(12-10-24)23(26)22-17(2)20-14-19(27-3)7-8-21(20)28-22/h4-8,13-14H,9-12,15H2,1-3H3/p+1. The van der Waals surface area contributed by atoms with Crippen LogP contribution in [0.15, 0.2) is 46.9 Å². The van der Waals surface area contributed by atoms with Crippen LogP contribution in [-0.4, -0.2) is 44.1 Å². The second-order valence-electron chi connectivity index (χ2n) is 7.63. The average molecular weight is 379 g/mol. The van der Waals surface area contributed by atoms with Crippen molar-refractivity contribution in [2.75, 3.05) is 33.3 Å². The normalized spacial score (nSPS) is 15.2. The molecule has 0 radical (unpaired) electrons. The number of rotatable bonds is 4. The fourth-order valence-corrected chi connectivity index (χ4v) is 3.99. The smallest absolute Gasteiger partial charge is 0.290 e. The van der Waals surface area contributed by atoms with Gasteiger partial charge in [0.15, 0.2) is 5.76 Å². The van der Waals surface area contributed by atoms with Crippen LogP contribution in [0.4, 0.5) is 0 Å². The Morgan fingerprint density at radius 3 is 2.64 bits per heavy atom. The lowest BCUT2D eigenvalue weighted by Gasteiger charge is -2.32. The van der Waals surface area contributed by atoms with Gasteiger partial charge in [-0.3, -0.25) is 4.79 Å². The van der Waals surface area contributed by atoms with E-state index in [9.17, 15) is 4.79 Å². The molecule has 0 bridgehead atoms. The number of hydrogen-bond donors (Lipinski definition) is 1. The highest BCUT2D eigenvalue weighted by Crippen LogP contribution is 2.29. The van der Waals surface area contributed by atoms with E-state index in [0.717, 1.165) is 55.0 Å². The molecule has 1 N–H and O–H groups in total. The number of hydrogen-bond acceptors (Lipinski definition) is 3. The summed E-state index contributed by atoms with van der Waals surface area (Å²) in [6.07, 6.45) is 0. The van der Waals surface area contributed by atoms with Crippen molar-refractivity contribution in [1.82, 2.24) is 4.90 Å². The summed E-state index contributed by atoms with van der Waals surface area (Å²) in [5.74, 6) is 1.21. The quantitative estimate of drug-likeness (QED) is 0.758. The molecule has 1 saturated heterocycles. The zero-order valence-corrected chi connectivity index (χ0v) is 16.7. The van der Waals surface area contributed by atoms with E-state index < -0.39 is 0 Å². The van der Waals surface area contributed by atoms with Gasteiger partial charge in [0.2, 0.25) is 0 Å². The third-order valence-electron chi connectivity index (χ3n) is 5.63. The Kier molecular flexibility index (Phi) is 5.09. The number of quaternary nitrogens is 1. The van der Waals surface area contributed by atoms with Crippen LogP contribution < -0.4 is 9.64 Å². The molecule has 0 saturated carbocycles. The first kappa shape index (κ1) is 18.6. The molecular weight excluding hydrogens is 352 g/mol. The number of piperazine rings is 1. The van der Waals surface area contributed by atoms with Crippen molar-refractivity contribution in [2.24, 2.45) is 0 Å². The van der Waals surface area contributed by atoms with Crippen molar-refractivity contribution in [3.8, 4) is 5.75 Å². The van der Waals surface area contributed by atoms with Crippen molar-refractivity contribution in [2.45, 2.75) is 20.4 Å². The summed E-state index contributed by atoms with van der Waals surface area (Å²) in [4.78, 5) is 16.5. The molecule has 28 heavy (non-hydrogen) atoms. The lowest BCUT2D eigenvalue weighted by Crippen LogP contribution is -3.13. The summed E-state index contributed by atoms with van der Waals surface area (Å²) < 4.78 is 11.2. The molecule has 3 aromatic rings. The van der Waals surface area contributed by atoms with Gasteiger partial charge < -0.3 is 19.0 Å². The van der Waals surface area contributed by atoms with Crippen molar-refractivity contribution in [1.29, 1.82) is 0 Å². The van der Waals surface area contributed by atoms with E-state index >= 15 is 0 Å². The number of amides is 1. The predicted octanol–water partition coefficient (Wildman–Crippen LogP) is 2.60. The summed E-state index contributed by atoms with van der Waals surface area (Å²) in [6.45, 7) is 8.48. The van der Waals surface area contributed by atoms with Crippen molar-refractivity contribution in [3.63, 3.8) is 0 Å². The molecular formula is C23H27N2O3+. The Balaban J connectivity index is 1.44. The molecule has 2 aromatic carbocycles. The number of methoxy groups -OCH3 is 1. The van der Waals surface area contributed by atoms with E-state index in [1.54, 1.807) is 7.11 Å². The molecule has 5 nitrogen and oxygen atoms in total. The van der Waals surface area contributed by atoms with Gasteiger partial charge in [-0.25, -0.2) is 0 Å². The summed E-state index contributed by atoms with van der Waals surface area (Å²) in [5, 5.41) is 0.936. The highest BCUT2D eigenvalue weighted by atomic mass is 16.5. The molecule has 146 valence electrons. The minimum atomic E-state index is -0.0118. The number of fused-ring (bicyclic) bond motifs is 1. The van der Waals surface area contributed by atoms with E-state index in [1.807, 2.05) is 30.0 Å². The van der Waals surface area contributed by atoms with Crippen LogP contribution >= 0.6 is 0 Å². The van der Waals surface area contributed by atoms with Gasteiger partial charge in [0.05, 0.1) is 33.3 Å². The minimum absolute atomic E-state index is 0.0118. The first-order valence-electron chi connectivity index (χ1n) is 9.80. The van der Waals surface area contributed by atoms with Gasteiger partial charge in [0, 0.05) is 16.5 Å². The number of furan rings is 1. The average Bonchev–Trinajstić information content (AvgIpc) is 3.04. The van der Waals surface area contributed by atoms with Crippen molar-refractivity contribution >= 4 is 16.9 Å². The van der Waals surface area contributed by atoms with Crippen LogP contribution in [0.1, 0.15) is 27.2 Å². The van der Waals surface area contributed by atoms with Crippen molar-refractivity contribution < 1.29 is 18.8 Å². The first-order valence-corrected chi connectivity index (χ1v) is 9.80. The van der Waals surface area contributed by atoms with Crippen LogP contribution in [0.25, 0.3) is 11.0 Å². The Bertz CT molecular complexity index is 1000. The van der Waals surface area contributed by atoms with Crippen molar-refractivity contribution in [3.05, 3.63) is 64.9 Å². The Morgan fingerprint density at radius 1 is 1.14 bits per heavy atom. The molecule has 0 unspecified atom stereocenters.